The molecule has 0 amide bonds. The van der Waals surface area contributed by atoms with Crippen LogP contribution in [0.4, 0.5) is 0 Å². The van der Waals surface area contributed by atoms with Crippen molar-refractivity contribution in [3.05, 3.63) is 36.4 Å². The molecule has 0 aliphatic carbocycles. The molecular formula is C61H99O4PS5. The molecule has 0 atom stereocenters. The molecule has 0 saturated carbocycles. The number of hydrogen-bond acceptors (Lipinski definition) is 7. The van der Waals surface area contributed by atoms with Gasteiger partial charge in [0.15, 0.2) is 0 Å². The maximum atomic E-state index is 11.0. The van der Waals surface area contributed by atoms with Gasteiger partial charge in [0, 0.05) is 25.7 Å². The Kier molecular flexibility index (Phi) is 34.4. The van der Waals surface area contributed by atoms with Gasteiger partial charge in [0.2, 0.25) is 0 Å². The van der Waals surface area contributed by atoms with Crippen molar-refractivity contribution in [1.29, 1.82) is 0 Å². The summed E-state index contributed by atoms with van der Waals surface area (Å²) in [5.74, 6) is 6.93. The van der Waals surface area contributed by atoms with Crippen molar-refractivity contribution >= 4 is 98.7 Å². The minimum Gasteiger partial charge on any atom is -0.492 e. The first-order chi connectivity index (χ1) is 34.7. The largest absolute Gasteiger partial charge is 0.492 e. The first-order valence-electron chi connectivity index (χ1n) is 29.1. The zero-order valence-corrected chi connectivity index (χ0v) is 50.5. The molecule has 4 rings (SSSR count). The van der Waals surface area contributed by atoms with Crippen LogP contribution in [0.15, 0.2) is 60.9 Å². The fraction of sp³-hybridized carbons (Fsp3) is 0.705. The number of fused-ring (bicyclic) bond motifs is 6. The standard InChI is InChI=1S/C61H99O4PS5/c1-6-11-32-39-67-57-45-51-50(44-56(57)65-37-30-28-26-24-22-20-18-16-17-19-21-23-25-27-29-31-38-66(62,63)64)52-46-58(68-40-33-12-7-2)60(70-42-35-14-9-4)48-54(52)55-49-61(71-43-36-15-10-5)59(47-53(51)55)69-41-34-13-8-3/h44-49H,6-43H2,1-5H3,(H2,62,63,64). The lowest BCUT2D eigenvalue weighted by Gasteiger charge is -2.20. The lowest BCUT2D eigenvalue weighted by molar-refractivity contribution is 0.298. The van der Waals surface area contributed by atoms with Gasteiger partial charge in [-0.3, -0.25) is 4.57 Å². The van der Waals surface area contributed by atoms with Crippen LogP contribution >= 0.6 is 66.4 Å². The molecule has 0 spiro atoms. The lowest BCUT2D eigenvalue weighted by Crippen LogP contribution is -2.00. The van der Waals surface area contributed by atoms with Crippen LogP contribution in [0.3, 0.4) is 0 Å². The van der Waals surface area contributed by atoms with Crippen LogP contribution in [0.1, 0.15) is 234 Å². The van der Waals surface area contributed by atoms with Crippen molar-refractivity contribution in [2.45, 2.75) is 258 Å². The monoisotopic (exact) mass is 1090 g/mol. The van der Waals surface area contributed by atoms with Gasteiger partial charge in [-0.25, -0.2) is 0 Å². The van der Waals surface area contributed by atoms with Crippen LogP contribution < -0.4 is 4.74 Å². The smallest absolute Gasteiger partial charge is 0.325 e. The van der Waals surface area contributed by atoms with Crippen LogP contribution in [-0.2, 0) is 4.57 Å². The number of thioether (sulfide) groups is 5. The Hall–Kier alpha value is -0.640. The highest BCUT2D eigenvalue weighted by Gasteiger charge is 2.20. The van der Waals surface area contributed by atoms with Crippen LogP contribution in [0.25, 0.3) is 32.3 Å². The Morgan fingerprint density at radius 1 is 0.338 bits per heavy atom. The van der Waals surface area contributed by atoms with Gasteiger partial charge in [0.05, 0.1) is 11.5 Å². The zero-order chi connectivity index (χ0) is 50.8. The molecular weight excluding hydrogens is 988 g/mol. The Morgan fingerprint density at radius 3 is 0.887 bits per heavy atom. The van der Waals surface area contributed by atoms with E-state index in [-0.39, 0.29) is 6.16 Å². The number of hydrogen-bond donors (Lipinski definition) is 2. The lowest BCUT2D eigenvalue weighted by atomic mass is 9.94. The summed E-state index contributed by atoms with van der Waals surface area (Å²) in [4.78, 5) is 25.2. The van der Waals surface area contributed by atoms with Crippen LogP contribution in [0.5, 0.6) is 5.75 Å². The minimum absolute atomic E-state index is 0.0428. The van der Waals surface area contributed by atoms with Gasteiger partial charge in [0.25, 0.3) is 0 Å². The van der Waals surface area contributed by atoms with E-state index in [0.29, 0.717) is 6.42 Å². The van der Waals surface area contributed by atoms with E-state index in [1.807, 2.05) is 11.8 Å². The van der Waals surface area contributed by atoms with Gasteiger partial charge in [-0.05, 0) is 142 Å². The predicted molar refractivity (Wildman–Crippen MR) is 326 cm³/mol. The molecule has 4 aromatic rings. The van der Waals surface area contributed by atoms with E-state index in [0.717, 1.165) is 37.4 Å². The molecule has 0 radical (unpaired) electrons. The molecule has 0 saturated heterocycles. The third-order valence-electron chi connectivity index (χ3n) is 13.8. The topological polar surface area (TPSA) is 66.8 Å². The third-order valence-corrected chi connectivity index (χ3v) is 20.6. The second-order valence-electron chi connectivity index (χ2n) is 20.2. The van der Waals surface area contributed by atoms with E-state index < -0.39 is 7.60 Å². The first kappa shape index (κ1) is 62.9. The molecule has 0 bridgehead atoms. The summed E-state index contributed by atoms with van der Waals surface area (Å²) in [6, 6.07) is 15.5. The summed E-state index contributed by atoms with van der Waals surface area (Å²) in [6.45, 7) is 12.4. The third kappa shape index (κ3) is 24.9. The highest BCUT2D eigenvalue weighted by molar-refractivity contribution is 8.02. The van der Waals surface area contributed by atoms with Crippen molar-refractivity contribution in [2.24, 2.45) is 0 Å². The minimum atomic E-state index is -3.82. The molecule has 71 heavy (non-hydrogen) atoms. The Morgan fingerprint density at radius 2 is 0.592 bits per heavy atom. The quantitative estimate of drug-likeness (QED) is 0.0195. The SMILES string of the molecule is CCCCCSc1cc2c(cc1OCCCCCCCCCCCCCCCCCCP(=O)(O)O)c1cc(SCCCCC)c(SCCCCC)cc1c1cc(SCCCCC)c(SCCCCC)cc21. The Balaban J connectivity index is 1.55. The highest BCUT2D eigenvalue weighted by atomic mass is 32.2. The van der Waals surface area contributed by atoms with Gasteiger partial charge in [-0.1, -0.05) is 189 Å². The fourth-order valence-corrected chi connectivity index (χ4v) is 15.7. The summed E-state index contributed by atoms with van der Waals surface area (Å²) >= 11 is 10.4. The van der Waals surface area contributed by atoms with E-state index in [4.69, 9.17) is 14.5 Å². The summed E-state index contributed by atoms with van der Waals surface area (Å²) in [5.41, 5.74) is 0. The molecule has 0 aromatic heterocycles. The van der Waals surface area contributed by atoms with E-state index in [9.17, 15) is 4.57 Å². The molecule has 0 unspecified atom stereocenters. The van der Waals surface area contributed by atoms with Crippen LogP contribution in [0, 0.1) is 0 Å². The summed E-state index contributed by atoms with van der Waals surface area (Å²) in [5, 5.41) is 8.41. The number of rotatable bonds is 45. The highest BCUT2D eigenvalue weighted by Crippen LogP contribution is 2.47. The van der Waals surface area contributed by atoms with Crippen molar-refractivity contribution in [1.82, 2.24) is 0 Å². The number of ether oxygens (including phenoxy) is 1. The van der Waals surface area contributed by atoms with Crippen molar-refractivity contribution in [3.8, 4) is 5.75 Å². The molecule has 2 N–H and O–H groups in total. The average molecular weight is 1090 g/mol. The van der Waals surface area contributed by atoms with Crippen molar-refractivity contribution < 1.29 is 19.1 Å². The number of unbranched alkanes of at least 4 members (excludes halogenated alkanes) is 25. The van der Waals surface area contributed by atoms with Gasteiger partial charge in [-0.15, -0.1) is 58.8 Å². The number of benzene rings is 4. The maximum Gasteiger partial charge on any atom is 0.325 e. The average Bonchev–Trinajstić information content (AvgIpc) is 3.36. The molecule has 0 fully saturated rings. The Bertz CT molecular complexity index is 2040. The predicted octanol–water partition coefficient (Wildman–Crippen LogP) is 22.4. The van der Waals surface area contributed by atoms with E-state index in [1.165, 1.54) is 253 Å². The second-order valence-corrected chi connectivity index (χ2v) is 27.7. The van der Waals surface area contributed by atoms with E-state index >= 15 is 0 Å². The molecule has 4 aromatic carbocycles. The van der Waals surface area contributed by atoms with Gasteiger partial charge < -0.3 is 14.5 Å². The first-order valence-corrected chi connectivity index (χ1v) is 35.8. The molecule has 0 heterocycles. The van der Waals surface area contributed by atoms with Crippen molar-refractivity contribution in [2.75, 3.05) is 41.5 Å². The molecule has 10 heteroatoms. The van der Waals surface area contributed by atoms with Crippen molar-refractivity contribution in [3.63, 3.8) is 0 Å². The second kappa shape index (κ2) is 38.8. The van der Waals surface area contributed by atoms with Gasteiger partial charge in [0.1, 0.15) is 5.75 Å². The molecule has 0 aliphatic rings. The van der Waals surface area contributed by atoms with Gasteiger partial charge in [-0.2, -0.15) is 0 Å². The van der Waals surface area contributed by atoms with Crippen LogP contribution in [0.2, 0.25) is 0 Å². The summed E-state index contributed by atoms with van der Waals surface area (Å²) in [6.07, 6.45) is 38.5. The fourth-order valence-electron chi connectivity index (χ4n) is 9.44. The molecule has 4 nitrogen and oxygen atoms in total. The van der Waals surface area contributed by atoms with E-state index in [1.54, 1.807) is 0 Å². The normalized spacial score (nSPS) is 12.1. The van der Waals surface area contributed by atoms with E-state index in [2.05, 4.69) is 118 Å². The zero-order valence-electron chi connectivity index (χ0n) is 45.5. The molecule has 402 valence electrons. The van der Waals surface area contributed by atoms with Crippen LogP contribution in [-0.4, -0.2) is 51.3 Å². The summed E-state index contributed by atoms with van der Waals surface area (Å²) in [7, 11) is -3.82. The van der Waals surface area contributed by atoms with Gasteiger partial charge >= 0.3 is 7.60 Å². The molecule has 0 aliphatic heterocycles. The maximum absolute atomic E-state index is 11.0. The summed E-state index contributed by atoms with van der Waals surface area (Å²) < 4.78 is 17.9. The Labute approximate surface area is 456 Å².